The average Bonchev–Trinajstić information content (AvgIpc) is 2.55. The van der Waals surface area contributed by atoms with Gasteiger partial charge < -0.3 is 10.1 Å². The van der Waals surface area contributed by atoms with Gasteiger partial charge in [-0.1, -0.05) is 13.8 Å². The summed E-state index contributed by atoms with van der Waals surface area (Å²) in [5.41, 5.74) is 1.44. The minimum Gasteiger partial charge on any atom is -0.385 e. The average molecular weight is 256 g/mol. The lowest BCUT2D eigenvalue weighted by atomic mass is 9.90. The molecule has 0 aliphatic carbocycles. The Hall–Kier alpha value is -0.450. The van der Waals surface area contributed by atoms with Crippen molar-refractivity contribution in [3.8, 4) is 0 Å². The van der Waals surface area contributed by atoms with E-state index in [0.29, 0.717) is 0 Å². The lowest BCUT2D eigenvalue weighted by molar-refractivity contribution is 0.150. The topological polar surface area (TPSA) is 34.1 Å². The molecule has 1 rings (SSSR count). The van der Waals surface area contributed by atoms with Gasteiger partial charge in [-0.25, -0.2) is 4.98 Å². The molecule has 0 bridgehead atoms. The molecule has 0 fully saturated rings. The fourth-order valence-electron chi connectivity index (χ4n) is 1.72. The van der Waals surface area contributed by atoms with E-state index in [1.165, 1.54) is 4.88 Å². The van der Waals surface area contributed by atoms with Gasteiger partial charge in [0.05, 0.1) is 10.7 Å². The Morgan fingerprint density at radius 2 is 2.06 bits per heavy atom. The summed E-state index contributed by atoms with van der Waals surface area (Å²) in [6.45, 7) is 11.4. The van der Waals surface area contributed by atoms with Crippen molar-refractivity contribution >= 4 is 11.3 Å². The highest BCUT2D eigenvalue weighted by Gasteiger charge is 2.17. The predicted octanol–water partition coefficient (Wildman–Crippen LogP) is 2.91. The third-order valence-electron chi connectivity index (χ3n) is 2.87. The molecule has 98 valence electrons. The van der Waals surface area contributed by atoms with Crippen molar-refractivity contribution in [3.63, 3.8) is 0 Å². The van der Waals surface area contributed by atoms with Gasteiger partial charge in [0.15, 0.2) is 0 Å². The van der Waals surface area contributed by atoms with Crippen molar-refractivity contribution in [2.75, 3.05) is 20.3 Å². The van der Waals surface area contributed by atoms with Crippen LogP contribution in [0.3, 0.4) is 0 Å². The number of rotatable bonds is 7. The molecule has 0 aliphatic heterocycles. The summed E-state index contributed by atoms with van der Waals surface area (Å²) in [6.07, 6.45) is 1.08. The van der Waals surface area contributed by atoms with Crippen LogP contribution in [-0.4, -0.2) is 25.2 Å². The summed E-state index contributed by atoms with van der Waals surface area (Å²) in [7, 11) is 1.76. The second-order valence-corrected chi connectivity index (χ2v) is 6.54. The van der Waals surface area contributed by atoms with E-state index in [0.717, 1.165) is 36.8 Å². The van der Waals surface area contributed by atoms with Crippen molar-refractivity contribution in [3.05, 3.63) is 15.6 Å². The molecule has 0 saturated heterocycles. The molecule has 0 radical (unpaired) electrons. The Labute approximate surface area is 109 Å². The van der Waals surface area contributed by atoms with Crippen molar-refractivity contribution in [2.45, 2.75) is 40.7 Å². The summed E-state index contributed by atoms with van der Waals surface area (Å²) in [4.78, 5) is 5.79. The van der Waals surface area contributed by atoms with Gasteiger partial charge in [0.2, 0.25) is 0 Å². The smallest absolute Gasteiger partial charge is 0.0900 e. The highest BCUT2D eigenvalue weighted by atomic mass is 32.1. The van der Waals surface area contributed by atoms with Gasteiger partial charge in [-0.2, -0.15) is 0 Å². The maximum absolute atomic E-state index is 5.13. The highest BCUT2D eigenvalue weighted by Crippen LogP contribution is 2.20. The molecule has 0 atom stereocenters. The fraction of sp³-hybridized carbons (Fsp3) is 0.769. The third-order valence-corrected chi connectivity index (χ3v) is 3.94. The van der Waals surface area contributed by atoms with Crippen LogP contribution in [0.5, 0.6) is 0 Å². The number of nitrogens with zero attached hydrogens (tertiary/aromatic N) is 1. The normalized spacial score (nSPS) is 12.1. The molecule has 0 spiro atoms. The molecule has 0 saturated carbocycles. The lowest BCUT2D eigenvalue weighted by Gasteiger charge is -2.24. The first-order valence-corrected chi connectivity index (χ1v) is 6.89. The number of aromatic nitrogens is 1. The van der Waals surface area contributed by atoms with Crippen LogP contribution in [0.2, 0.25) is 0 Å². The minimum absolute atomic E-state index is 0.281. The van der Waals surface area contributed by atoms with Crippen LogP contribution >= 0.6 is 11.3 Å². The van der Waals surface area contributed by atoms with Gasteiger partial charge in [0.1, 0.15) is 0 Å². The van der Waals surface area contributed by atoms with Gasteiger partial charge in [-0.05, 0) is 25.7 Å². The summed E-state index contributed by atoms with van der Waals surface area (Å²) in [5, 5.41) is 4.67. The Morgan fingerprint density at radius 3 is 2.59 bits per heavy atom. The molecule has 1 heterocycles. The number of nitrogens with one attached hydrogen (secondary N) is 1. The summed E-state index contributed by atoms with van der Waals surface area (Å²) >= 11 is 1.78. The second-order valence-electron chi connectivity index (χ2n) is 5.25. The number of aryl methyl sites for hydroxylation is 2. The largest absolute Gasteiger partial charge is 0.385 e. The molecule has 0 unspecified atom stereocenters. The predicted molar refractivity (Wildman–Crippen MR) is 73.6 cm³/mol. The van der Waals surface area contributed by atoms with E-state index < -0.39 is 0 Å². The highest BCUT2D eigenvalue weighted by molar-refractivity contribution is 7.11. The van der Waals surface area contributed by atoms with E-state index in [1.807, 2.05) is 0 Å². The zero-order valence-electron chi connectivity index (χ0n) is 11.6. The van der Waals surface area contributed by atoms with Crippen molar-refractivity contribution in [2.24, 2.45) is 5.41 Å². The zero-order chi connectivity index (χ0) is 12.9. The molecule has 1 N–H and O–H groups in total. The third kappa shape index (κ3) is 5.15. The van der Waals surface area contributed by atoms with Gasteiger partial charge in [-0.3, -0.25) is 0 Å². The molecule has 17 heavy (non-hydrogen) atoms. The fourth-order valence-corrected chi connectivity index (χ4v) is 2.63. The van der Waals surface area contributed by atoms with Crippen LogP contribution in [0.25, 0.3) is 0 Å². The van der Waals surface area contributed by atoms with Crippen LogP contribution < -0.4 is 5.32 Å². The molecular weight excluding hydrogens is 232 g/mol. The monoisotopic (exact) mass is 256 g/mol. The first-order valence-electron chi connectivity index (χ1n) is 6.07. The molecule has 3 nitrogen and oxygen atoms in total. The van der Waals surface area contributed by atoms with E-state index in [-0.39, 0.29) is 5.41 Å². The number of thiazole rings is 1. The number of hydrogen-bond donors (Lipinski definition) is 1. The van der Waals surface area contributed by atoms with Crippen molar-refractivity contribution in [1.29, 1.82) is 0 Å². The standard InChI is InChI=1S/C13H24N2OS/c1-10-12(17-11(2)15-10)8-14-9-13(3,4)6-7-16-5/h14H,6-9H2,1-5H3. The van der Waals surface area contributed by atoms with Crippen LogP contribution in [-0.2, 0) is 11.3 Å². The van der Waals surface area contributed by atoms with Crippen LogP contribution in [0.15, 0.2) is 0 Å². The Kier molecular flexibility index (Phi) is 5.56. The second kappa shape index (κ2) is 6.47. The zero-order valence-corrected chi connectivity index (χ0v) is 12.4. The summed E-state index contributed by atoms with van der Waals surface area (Å²) in [5.74, 6) is 0. The summed E-state index contributed by atoms with van der Waals surface area (Å²) in [6, 6.07) is 0. The van der Waals surface area contributed by atoms with Gasteiger partial charge in [0.25, 0.3) is 0 Å². The van der Waals surface area contributed by atoms with E-state index in [4.69, 9.17) is 4.74 Å². The molecule has 0 aliphatic rings. The first-order chi connectivity index (χ1) is 7.94. The Morgan fingerprint density at radius 1 is 1.35 bits per heavy atom. The lowest BCUT2D eigenvalue weighted by Crippen LogP contribution is -2.30. The van der Waals surface area contributed by atoms with E-state index >= 15 is 0 Å². The summed E-state index contributed by atoms with van der Waals surface area (Å²) < 4.78 is 5.13. The molecular formula is C13H24N2OS. The van der Waals surface area contributed by atoms with E-state index in [2.05, 4.69) is 38.0 Å². The first kappa shape index (κ1) is 14.6. The molecule has 0 amide bonds. The van der Waals surface area contributed by atoms with Gasteiger partial charge >= 0.3 is 0 Å². The maximum atomic E-state index is 5.13. The molecule has 1 aromatic rings. The van der Waals surface area contributed by atoms with Crippen molar-refractivity contribution < 1.29 is 4.74 Å². The Bertz CT molecular complexity index is 347. The maximum Gasteiger partial charge on any atom is 0.0900 e. The Balaban J connectivity index is 2.34. The quantitative estimate of drug-likeness (QED) is 0.814. The number of ether oxygens (including phenoxy) is 1. The SMILES string of the molecule is COCCC(C)(C)CNCc1sc(C)nc1C. The molecule has 1 aromatic heterocycles. The minimum atomic E-state index is 0.281. The van der Waals surface area contributed by atoms with Crippen LogP contribution in [0.1, 0.15) is 35.8 Å². The van der Waals surface area contributed by atoms with E-state index in [1.54, 1.807) is 18.4 Å². The molecule has 4 heteroatoms. The van der Waals surface area contributed by atoms with Crippen LogP contribution in [0, 0.1) is 19.3 Å². The number of methoxy groups -OCH3 is 1. The number of hydrogen-bond acceptors (Lipinski definition) is 4. The van der Waals surface area contributed by atoms with Gasteiger partial charge in [0, 0.05) is 31.7 Å². The van der Waals surface area contributed by atoms with Gasteiger partial charge in [-0.15, -0.1) is 11.3 Å². The van der Waals surface area contributed by atoms with E-state index in [9.17, 15) is 0 Å². The van der Waals surface area contributed by atoms with Crippen molar-refractivity contribution in [1.82, 2.24) is 10.3 Å². The molecule has 0 aromatic carbocycles. The van der Waals surface area contributed by atoms with Crippen LogP contribution in [0.4, 0.5) is 0 Å².